The summed E-state index contributed by atoms with van der Waals surface area (Å²) in [4.78, 5) is 28.3. The number of aromatic carboxylic acids is 1. The minimum absolute atomic E-state index is 0.176. The summed E-state index contributed by atoms with van der Waals surface area (Å²) in [6.07, 6.45) is 4.84. The Balaban J connectivity index is 2.62. The van der Waals surface area contributed by atoms with Crippen LogP contribution in [0.25, 0.3) is 5.69 Å². The average molecular weight is 313 g/mol. The summed E-state index contributed by atoms with van der Waals surface area (Å²) < 4.78 is 1.62. The first-order valence-corrected chi connectivity index (χ1v) is 5.35. The van der Waals surface area contributed by atoms with Crippen LogP contribution < -0.4 is 0 Å². The van der Waals surface area contributed by atoms with Crippen LogP contribution in [0.3, 0.4) is 0 Å². The van der Waals surface area contributed by atoms with E-state index in [0.717, 1.165) is 6.20 Å². The van der Waals surface area contributed by atoms with E-state index >= 15 is 0 Å². The van der Waals surface area contributed by atoms with Gasteiger partial charge in [-0.15, -0.1) is 0 Å². The molecule has 0 aromatic carbocycles. The fourth-order valence-electron chi connectivity index (χ4n) is 1.36. The van der Waals surface area contributed by atoms with Crippen LogP contribution in [0.2, 0.25) is 0 Å². The van der Waals surface area contributed by atoms with Crippen LogP contribution in [0.15, 0.2) is 29.4 Å². The van der Waals surface area contributed by atoms with Gasteiger partial charge in [0.15, 0.2) is 5.69 Å². The van der Waals surface area contributed by atoms with Gasteiger partial charge in [0.25, 0.3) is 0 Å². The Morgan fingerprint density at radius 2 is 2.22 bits per heavy atom. The maximum atomic E-state index is 10.9. The number of aromatic nitrogens is 3. The summed E-state index contributed by atoms with van der Waals surface area (Å²) in [5.41, 5.74) is -0.276. The van der Waals surface area contributed by atoms with Gasteiger partial charge in [-0.1, -0.05) is 0 Å². The molecule has 2 heterocycles. The first kappa shape index (κ1) is 12.2. The SMILES string of the molecule is O=C(O)c1cn(-c2c(Br)cncc2[N+](=O)[O-])cn1. The largest absolute Gasteiger partial charge is 0.476 e. The summed E-state index contributed by atoms with van der Waals surface area (Å²) in [5.74, 6) is -1.21. The molecule has 18 heavy (non-hydrogen) atoms. The zero-order valence-corrected chi connectivity index (χ0v) is 10.2. The molecular weight excluding hydrogens is 308 g/mol. The lowest BCUT2D eigenvalue weighted by Gasteiger charge is -2.04. The van der Waals surface area contributed by atoms with Crippen molar-refractivity contribution in [1.29, 1.82) is 0 Å². The highest BCUT2D eigenvalue weighted by molar-refractivity contribution is 9.10. The van der Waals surface area contributed by atoms with Gasteiger partial charge >= 0.3 is 11.7 Å². The Morgan fingerprint density at radius 1 is 1.50 bits per heavy atom. The zero-order valence-electron chi connectivity index (χ0n) is 8.65. The predicted molar refractivity (Wildman–Crippen MR) is 62.7 cm³/mol. The van der Waals surface area contributed by atoms with Crippen molar-refractivity contribution in [3.8, 4) is 5.69 Å². The van der Waals surface area contributed by atoms with E-state index in [2.05, 4.69) is 25.9 Å². The van der Waals surface area contributed by atoms with E-state index in [1.54, 1.807) is 0 Å². The molecule has 8 nitrogen and oxygen atoms in total. The smallest absolute Gasteiger partial charge is 0.356 e. The number of hydrogen-bond acceptors (Lipinski definition) is 5. The van der Waals surface area contributed by atoms with Crippen LogP contribution in [0, 0.1) is 10.1 Å². The second-order valence-corrected chi connectivity index (χ2v) is 4.07. The maximum Gasteiger partial charge on any atom is 0.356 e. The molecule has 0 aliphatic carbocycles. The molecule has 0 unspecified atom stereocenters. The molecule has 0 fully saturated rings. The fraction of sp³-hybridized carbons (Fsp3) is 0. The van der Waals surface area contributed by atoms with E-state index in [1.807, 2.05) is 0 Å². The van der Waals surface area contributed by atoms with Crippen molar-refractivity contribution in [3.63, 3.8) is 0 Å². The molecule has 2 rings (SSSR count). The molecule has 0 aliphatic heterocycles. The first-order valence-electron chi connectivity index (χ1n) is 4.56. The Bertz CT molecular complexity index is 639. The third-order valence-corrected chi connectivity index (χ3v) is 2.69. The second kappa shape index (κ2) is 4.53. The molecule has 2 aromatic rings. The number of carboxylic acid groups (broad SMARTS) is 1. The summed E-state index contributed by atoms with van der Waals surface area (Å²) in [5, 5.41) is 19.6. The van der Waals surface area contributed by atoms with Gasteiger partial charge in [-0.25, -0.2) is 9.78 Å². The van der Waals surface area contributed by atoms with Gasteiger partial charge in [0.05, 0.1) is 9.40 Å². The normalized spacial score (nSPS) is 10.3. The number of nitro groups is 1. The maximum absolute atomic E-state index is 10.9. The van der Waals surface area contributed by atoms with Crippen LogP contribution in [-0.4, -0.2) is 30.5 Å². The lowest BCUT2D eigenvalue weighted by molar-refractivity contribution is -0.385. The topological polar surface area (TPSA) is 111 Å². The van der Waals surface area contributed by atoms with Crippen LogP contribution in [0.4, 0.5) is 5.69 Å². The van der Waals surface area contributed by atoms with E-state index in [1.165, 1.54) is 23.3 Å². The molecule has 2 aromatic heterocycles. The van der Waals surface area contributed by atoms with E-state index < -0.39 is 10.9 Å². The molecule has 0 bridgehead atoms. The molecule has 0 radical (unpaired) electrons. The van der Waals surface area contributed by atoms with Crippen molar-refractivity contribution in [2.75, 3.05) is 0 Å². The van der Waals surface area contributed by atoms with E-state index in [0.29, 0.717) is 4.47 Å². The predicted octanol–water partition coefficient (Wildman–Crippen LogP) is 1.64. The number of hydrogen-bond donors (Lipinski definition) is 1. The van der Waals surface area contributed by atoms with Crippen molar-refractivity contribution in [2.24, 2.45) is 0 Å². The number of imidazole rings is 1. The number of rotatable bonds is 3. The molecule has 0 saturated heterocycles. The monoisotopic (exact) mass is 312 g/mol. The summed E-state index contributed by atoms with van der Waals surface area (Å²) in [6.45, 7) is 0. The lowest BCUT2D eigenvalue weighted by Crippen LogP contribution is -2.01. The number of carbonyl (C=O) groups is 1. The molecule has 1 N–H and O–H groups in total. The standard InChI is InChI=1S/C9H5BrN4O4/c10-5-1-11-2-7(14(17)18)8(5)13-3-6(9(15)16)12-4-13/h1-4H,(H,15,16). The van der Waals surface area contributed by atoms with Crippen molar-refractivity contribution in [3.05, 3.63) is 45.2 Å². The van der Waals surface area contributed by atoms with Crippen LogP contribution in [0.1, 0.15) is 10.5 Å². The summed E-state index contributed by atoms with van der Waals surface area (Å²) >= 11 is 3.14. The third-order valence-electron chi connectivity index (χ3n) is 2.11. The molecule has 92 valence electrons. The summed E-state index contributed by atoms with van der Waals surface area (Å²) in [6, 6.07) is 0. The van der Waals surface area contributed by atoms with Gasteiger partial charge in [0, 0.05) is 12.4 Å². The van der Waals surface area contributed by atoms with Crippen LogP contribution >= 0.6 is 15.9 Å². The van der Waals surface area contributed by atoms with E-state index in [4.69, 9.17) is 5.11 Å². The van der Waals surface area contributed by atoms with Crippen LogP contribution in [0.5, 0.6) is 0 Å². The molecular formula is C9H5BrN4O4. The molecule has 9 heteroatoms. The highest BCUT2D eigenvalue weighted by atomic mass is 79.9. The Labute approximate surface area is 108 Å². The van der Waals surface area contributed by atoms with Gasteiger partial charge in [-0.3, -0.25) is 19.7 Å². The van der Waals surface area contributed by atoms with Crippen molar-refractivity contribution < 1.29 is 14.8 Å². The van der Waals surface area contributed by atoms with Gasteiger partial charge in [-0.2, -0.15) is 0 Å². The second-order valence-electron chi connectivity index (χ2n) is 3.22. The van der Waals surface area contributed by atoms with E-state index in [-0.39, 0.29) is 17.1 Å². The average Bonchev–Trinajstić information content (AvgIpc) is 2.77. The first-order chi connectivity index (χ1) is 8.50. The molecule has 0 spiro atoms. The molecule has 0 amide bonds. The minimum Gasteiger partial charge on any atom is -0.476 e. The van der Waals surface area contributed by atoms with Gasteiger partial charge < -0.3 is 5.11 Å². The molecule has 0 saturated carbocycles. The third kappa shape index (κ3) is 2.07. The van der Waals surface area contributed by atoms with Gasteiger partial charge in [-0.05, 0) is 15.9 Å². The Kier molecular flexibility index (Phi) is 3.06. The Hall–Kier alpha value is -2.29. The molecule has 0 atom stereocenters. The molecule has 0 aliphatic rings. The Morgan fingerprint density at radius 3 is 2.78 bits per heavy atom. The van der Waals surface area contributed by atoms with E-state index in [9.17, 15) is 14.9 Å². The number of halogens is 1. The van der Waals surface area contributed by atoms with Crippen molar-refractivity contribution >= 4 is 27.6 Å². The highest BCUT2D eigenvalue weighted by Gasteiger charge is 2.20. The lowest BCUT2D eigenvalue weighted by atomic mass is 10.3. The van der Waals surface area contributed by atoms with Gasteiger partial charge in [0.2, 0.25) is 0 Å². The van der Waals surface area contributed by atoms with Crippen molar-refractivity contribution in [2.45, 2.75) is 0 Å². The fourth-order valence-corrected chi connectivity index (χ4v) is 1.89. The number of nitrogens with zero attached hydrogens (tertiary/aromatic N) is 4. The highest BCUT2D eigenvalue weighted by Crippen LogP contribution is 2.29. The quantitative estimate of drug-likeness (QED) is 0.681. The minimum atomic E-state index is -1.21. The number of carboxylic acids is 1. The summed E-state index contributed by atoms with van der Waals surface area (Å²) in [7, 11) is 0. The zero-order chi connectivity index (χ0) is 13.3. The van der Waals surface area contributed by atoms with Crippen molar-refractivity contribution in [1.82, 2.24) is 14.5 Å². The number of pyridine rings is 1. The van der Waals surface area contributed by atoms with Gasteiger partial charge in [0.1, 0.15) is 18.2 Å². The van der Waals surface area contributed by atoms with Crippen LogP contribution in [-0.2, 0) is 0 Å².